The SMILES string of the molecule is CC(=O)NCCc1ccc(S(=O)(=O)Nc2ccc(N3CCC(N(C)C)C3)cn2)cc1. The van der Waals surface area contributed by atoms with Crippen molar-refractivity contribution in [3.05, 3.63) is 48.2 Å². The molecule has 9 heteroatoms. The van der Waals surface area contributed by atoms with Crippen LogP contribution in [0.1, 0.15) is 18.9 Å². The monoisotopic (exact) mass is 431 g/mol. The van der Waals surface area contributed by atoms with E-state index in [1.54, 1.807) is 36.5 Å². The topological polar surface area (TPSA) is 94.6 Å². The molecule has 2 heterocycles. The van der Waals surface area contributed by atoms with Crippen molar-refractivity contribution in [3.8, 4) is 0 Å². The second-order valence-electron chi connectivity index (χ2n) is 7.74. The summed E-state index contributed by atoms with van der Waals surface area (Å²) in [5.41, 5.74) is 1.94. The van der Waals surface area contributed by atoms with Gasteiger partial charge in [0.1, 0.15) is 5.82 Å². The summed E-state index contributed by atoms with van der Waals surface area (Å²) >= 11 is 0. The summed E-state index contributed by atoms with van der Waals surface area (Å²) in [7, 11) is 0.448. The zero-order valence-electron chi connectivity index (χ0n) is 17.6. The predicted molar refractivity (Wildman–Crippen MR) is 118 cm³/mol. The lowest BCUT2D eigenvalue weighted by Gasteiger charge is -2.21. The molecule has 1 aromatic heterocycles. The van der Waals surface area contributed by atoms with Crippen molar-refractivity contribution in [1.29, 1.82) is 0 Å². The Bertz CT molecular complexity index is 959. The number of rotatable bonds is 8. The molecule has 2 aromatic rings. The second-order valence-corrected chi connectivity index (χ2v) is 9.42. The van der Waals surface area contributed by atoms with Gasteiger partial charge < -0.3 is 15.1 Å². The van der Waals surface area contributed by atoms with E-state index in [0.717, 1.165) is 30.8 Å². The van der Waals surface area contributed by atoms with Crippen molar-refractivity contribution in [3.63, 3.8) is 0 Å². The number of nitrogens with one attached hydrogen (secondary N) is 2. The van der Waals surface area contributed by atoms with Crippen LogP contribution in [0.25, 0.3) is 0 Å². The van der Waals surface area contributed by atoms with Gasteiger partial charge in [0, 0.05) is 32.6 Å². The Hall–Kier alpha value is -2.65. The minimum absolute atomic E-state index is 0.0841. The molecule has 0 spiro atoms. The molecule has 1 aliphatic heterocycles. The standard InChI is InChI=1S/C21H29N5O3S/c1-16(27)22-12-10-17-4-7-20(8-5-17)30(28,29)24-21-9-6-18(14-23-21)26-13-11-19(15-26)25(2)3/h4-9,14,19H,10-13,15H2,1-3H3,(H,22,27)(H,23,24). The number of anilines is 2. The van der Waals surface area contributed by atoms with Crippen LogP contribution in [0.3, 0.4) is 0 Å². The molecule has 8 nitrogen and oxygen atoms in total. The van der Waals surface area contributed by atoms with Gasteiger partial charge in [0.2, 0.25) is 5.91 Å². The third kappa shape index (κ3) is 5.70. The molecule has 1 amide bonds. The average Bonchev–Trinajstić information content (AvgIpc) is 3.19. The maximum absolute atomic E-state index is 12.7. The molecule has 2 N–H and O–H groups in total. The first-order chi connectivity index (χ1) is 14.2. The first-order valence-electron chi connectivity index (χ1n) is 9.98. The molecule has 1 saturated heterocycles. The number of nitrogens with zero attached hydrogens (tertiary/aromatic N) is 3. The molecular weight excluding hydrogens is 402 g/mol. The van der Waals surface area contributed by atoms with Crippen LogP contribution < -0.4 is 14.9 Å². The van der Waals surface area contributed by atoms with Crippen molar-refractivity contribution >= 4 is 27.4 Å². The Balaban J connectivity index is 1.60. The van der Waals surface area contributed by atoms with Crippen LogP contribution in [0.2, 0.25) is 0 Å². The normalized spacial score (nSPS) is 16.7. The summed E-state index contributed by atoms with van der Waals surface area (Å²) in [6, 6.07) is 10.7. The number of carbonyl (C=O) groups is 1. The van der Waals surface area contributed by atoms with E-state index in [0.29, 0.717) is 19.0 Å². The van der Waals surface area contributed by atoms with Gasteiger partial charge in [0.15, 0.2) is 0 Å². The molecular formula is C21H29N5O3S. The van der Waals surface area contributed by atoms with Gasteiger partial charge in [-0.1, -0.05) is 12.1 Å². The Labute approximate surface area is 178 Å². The van der Waals surface area contributed by atoms with Crippen LogP contribution in [0.15, 0.2) is 47.5 Å². The molecule has 0 aliphatic carbocycles. The van der Waals surface area contributed by atoms with E-state index in [4.69, 9.17) is 0 Å². The third-order valence-corrected chi connectivity index (χ3v) is 6.64. The van der Waals surface area contributed by atoms with E-state index in [1.165, 1.54) is 6.92 Å². The smallest absolute Gasteiger partial charge is 0.263 e. The van der Waals surface area contributed by atoms with E-state index in [1.807, 2.05) is 6.07 Å². The molecule has 0 saturated carbocycles. The minimum Gasteiger partial charge on any atom is -0.369 e. The summed E-state index contributed by atoms with van der Waals surface area (Å²) in [6.45, 7) is 3.88. The average molecular weight is 432 g/mol. The van der Waals surface area contributed by atoms with E-state index in [-0.39, 0.29) is 16.6 Å². The lowest BCUT2D eigenvalue weighted by molar-refractivity contribution is -0.118. The van der Waals surface area contributed by atoms with Gasteiger partial charge in [-0.3, -0.25) is 9.52 Å². The van der Waals surface area contributed by atoms with Gasteiger partial charge in [-0.2, -0.15) is 0 Å². The molecule has 0 bridgehead atoms. The number of likely N-dealkylation sites (N-methyl/N-ethyl adjacent to an activating group) is 1. The van der Waals surface area contributed by atoms with Crippen molar-refractivity contribution < 1.29 is 13.2 Å². The summed E-state index contributed by atoms with van der Waals surface area (Å²) in [6.07, 6.45) is 3.45. The maximum Gasteiger partial charge on any atom is 0.263 e. The summed E-state index contributed by atoms with van der Waals surface area (Å²) in [5.74, 6) is 0.205. The summed E-state index contributed by atoms with van der Waals surface area (Å²) < 4.78 is 27.8. The summed E-state index contributed by atoms with van der Waals surface area (Å²) in [5, 5.41) is 2.72. The highest BCUT2D eigenvalue weighted by atomic mass is 32.2. The first kappa shape index (κ1) is 22.0. The van der Waals surface area contributed by atoms with Crippen molar-refractivity contribution in [2.24, 2.45) is 0 Å². The highest BCUT2D eigenvalue weighted by molar-refractivity contribution is 7.92. The number of sulfonamides is 1. The molecule has 1 fully saturated rings. The van der Waals surface area contributed by atoms with Crippen LogP contribution in [0.5, 0.6) is 0 Å². The Kier molecular flexibility index (Phi) is 6.94. The van der Waals surface area contributed by atoms with E-state index in [9.17, 15) is 13.2 Å². The van der Waals surface area contributed by atoms with Crippen LogP contribution in [-0.2, 0) is 21.2 Å². The molecule has 1 aromatic carbocycles. The molecule has 162 valence electrons. The van der Waals surface area contributed by atoms with E-state index < -0.39 is 10.0 Å². The van der Waals surface area contributed by atoms with Gasteiger partial charge in [0.25, 0.3) is 10.0 Å². The van der Waals surface area contributed by atoms with Crippen LogP contribution in [0, 0.1) is 0 Å². The Morgan fingerprint density at radius 3 is 2.50 bits per heavy atom. The largest absolute Gasteiger partial charge is 0.369 e. The minimum atomic E-state index is -3.72. The van der Waals surface area contributed by atoms with Crippen LogP contribution in [-0.4, -0.2) is 64.0 Å². The number of benzene rings is 1. The lowest BCUT2D eigenvalue weighted by Crippen LogP contribution is -2.31. The van der Waals surface area contributed by atoms with Crippen LogP contribution >= 0.6 is 0 Å². The number of carbonyl (C=O) groups excluding carboxylic acids is 1. The molecule has 1 unspecified atom stereocenters. The zero-order chi connectivity index (χ0) is 21.7. The van der Waals surface area contributed by atoms with Crippen LogP contribution in [0.4, 0.5) is 11.5 Å². The molecule has 3 rings (SSSR count). The highest BCUT2D eigenvalue weighted by Gasteiger charge is 2.24. The Morgan fingerprint density at radius 1 is 1.20 bits per heavy atom. The van der Waals surface area contributed by atoms with Gasteiger partial charge >= 0.3 is 0 Å². The fourth-order valence-corrected chi connectivity index (χ4v) is 4.45. The van der Waals surface area contributed by atoms with Gasteiger partial charge in [-0.15, -0.1) is 0 Å². The number of hydrogen-bond acceptors (Lipinski definition) is 6. The third-order valence-electron chi connectivity index (χ3n) is 5.27. The molecule has 30 heavy (non-hydrogen) atoms. The second kappa shape index (κ2) is 9.44. The van der Waals surface area contributed by atoms with Crippen molar-refractivity contribution in [2.75, 3.05) is 43.4 Å². The molecule has 1 aliphatic rings. The number of hydrogen-bond donors (Lipinski definition) is 2. The fraction of sp³-hybridized carbons (Fsp3) is 0.429. The predicted octanol–water partition coefficient (Wildman–Crippen LogP) is 1.70. The molecule has 1 atom stereocenters. The number of aromatic nitrogens is 1. The van der Waals surface area contributed by atoms with Crippen molar-refractivity contribution in [2.45, 2.75) is 30.7 Å². The number of pyridine rings is 1. The summed E-state index contributed by atoms with van der Waals surface area (Å²) in [4.78, 5) is 19.9. The van der Waals surface area contributed by atoms with Gasteiger partial charge in [-0.25, -0.2) is 13.4 Å². The number of amides is 1. The highest BCUT2D eigenvalue weighted by Crippen LogP contribution is 2.23. The van der Waals surface area contributed by atoms with Gasteiger partial charge in [0.05, 0.1) is 16.8 Å². The zero-order valence-corrected chi connectivity index (χ0v) is 18.4. The lowest BCUT2D eigenvalue weighted by atomic mass is 10.1. The Morgan fingerprint density at radius 2 is 1.93 bits per heavy atom. The molecule has 0 radical (unpaired) electrons. The quantitative estimate of drug-likeness (QED) is 0.661. The van der Waals surface area contributed by atoms with Crippen molar-refractivity contribution in [1.82, 2.24) is 15.2 Å². The van der Waals surface area contributed by atoms with E-state index in [2.05, 4.69) is 38.9 Å². The fourth-order valence-electron chi connectivity index (χ4n) is 3.45. The van der Waals surface area contributed by atoms with Gasteiger partial charge in [-0.05, 0) is 56.8 Å². The van der Waals surface area contributed by atoms with E-state index >= 15 is 0 Å². The first-order valence-corrected chi connectivity index (χ1v) is 11.5. The maximum atomic E-state index is 12.7.